The summed E-state index contributed by atoms with van der Waals surface area (Å²) in [6, 6.07) is 0. The Balaban J connectivity index is 3.77. The molecule has 0 bridgehead atoms. The van der Waals surface area contributed by atoms with Crippen LogP contribution in [0.5, 0.6) is 0 Å². The van der Waals surface area contributed by atoms with Crippen molar-refractivity contribution in [3.05, 3.63) is 0 Å². The van der Waals surface area contributed by atoms with Crippen molar-refractivity contribution in [3.63, 3.8) is 0 Å². The summed E-state index contributed by atoms with van der Waals surface area (Å²) >= 11 is 0. The Morgan fingerprint density at radius 1 is 1.22 bits per heavy atom. The van der Waals surface area contributed by atoms with E-state index in [0.29, 0.717) is 0 Å². The van der Waals surface area contributed by atoms with Gasteiger partial charge in [0.05, 0.1) is 26.0 Å². The highest BCUT2D eigenvalue weighted by molar-refractivity contribution is 5.84. The first-order chi connectivity index (χ1) is 8.24. The second kappa shape index (κ2) is 8.07. The molecule has 4 nitrogen and oxygen atoms in total. The van der Waals surface area contributed by atoms with Gasteiger partial charge in [-0.15, -0.1) is 0 Å². The number of carbonyl (C=O) groups is 2. The molecule has 0 heterocycles. The van der Waals surface area contributed by atoms with E-state index < -0.39 is 18.6 Å². The van der Waals surface area contributed by atoms with Crippen LogP contribution in [0, 0.1) is 0 Å². The van der Waals surface area contributed by atoms with Crippen LogP contribution in [0.25, 0.3) is 0 Å². The summed E-state index contributed by atoms with van der Waals surface area (Å²) in [6.07, 6.45) is -5.20. The molecule has 0 aliphatic heterocycles. The lowest BCUT2D eigenvalue weighted by Gasteiger charge is -2.16. The molecule has 0 spiro atoms. The standard InChI is InChI=1S/C11H18F3NO3/c1-3-18-10(17)5-4-9(16)8-15(2)7-6-11(12,13)14/h3-8H2,1-2H3. The number of nitrogens with zero attached hydrogens (tertiary/aromatic N) is 1. The average Bonchev–Trinajstić information content (AvgIpc) is 2.23. The predicted molar refractivity (Wildman–Crippen MR) is 59.0 cm³/mol. The summed E-state index contributed by atoms with van der Waals surface area (Å²) in [7, 11) is 1.44. The fourth-order valence-electron chi connectivity index (χ4n) is 1.25. The molecule has 0 atom stereocenters. The van der Waals surface area contributed by atoms with Gasteiger partial charge in [-0.25, -0.2) is 0 Å². The molecule has 0 aliphatic carbocycles. The molecule has 0 aromatic rings. The highest BCUT2D eigenvalue weighted by Crippen LogP contribution is 2.19. The molecule has 0 rings (SSSR count). The normalized spacial score (nSPS) is 11.7. The molecule has 0 saturated heterocycles. The number of Topliss-reactive ketones (excluding diaryl/α,β-unsaturated/α-hetero) is 1. The monoisotopic (exact) mass is 269 g/mol. The van der Waals surface area contributed by atoms with Crippen LogP contribution >= 0.6 is 0 Å². The number of esters is 1. The number of ketones is 1. The van der Waals surface area contributed by atoms with Crippen LogP contribution in [-0.4, -0.2) is 49.6 Å². The Morgan fingerprint density at radius 3 is 2.33 bits per heavy atom. The van der Waals surface area contributed by atoms with Crippen molar-refractivity contribution in [1.82, 2.24) is 4.90 Å². The molecule has 7 heteroatoms. The van der Waals surface area contributed by atoms with Gasteiger partial charge in [0.25, 0.3) is 0 Å². The van der Waals surface area contributed by atoms with Crippen LogP contribution < -0.4 is 0 Å². The van der Waals surface area contributed by atoms with E-state index in [1.165, 1.54) is 11.9 Å². The topological polar surface area (TPSA) is 46.6 Å². The molecule has 106 valence electrons. The molecule has 18 heavy (non-hydrogen) atoms. The molecule has 0 aliphatic rings. The molecule has 0 aromatic heterocycles. The summed E-state index contributed by atoms with van der Waals surface area (Å²) in [6.45, 7) is 1.59. The Labute approximate surface area is 104 Å². The minimum Gasteiger partial charge on any atom is -0.466 e. The van der Waals surface area contributed by atoms with Crippen molar-refractivity contribution in [1.29, 1.82) is 0 Å². The maximum absolute atomic E-state index is 11.9. The zero-order valence-electron chi connectivity index (χ0n) is 10.5. The van der Waals surface area contributed by atoms with E-state index in [2.05, 4.69) is 4.74 Å². The quantitative estimate of drug-likeness (QED) is 0.630. The largest absolute Gasteiger partial charge is 0.466 e. The number of carbonyl (C=O) groups excluding carboxylic acids is 2. The van der Waals surface area contributed by atoms with E-state index >= 15 is 0 Å². The number of hydrogen-bond donors (Lipinski definition) is 0. The highest BCUT2D eigenvalue weighted by Gasteiger charge is 2.27. The summed E-state index contributed by atoms with van der Waals surface area (Å²) in [5.41, 5.74) is 0. The molecule has 0 aromatic carbocycles. The minimum atomic E-state index is -4.22. The summed E-state index contributed by atoms with van der Waals surface area (Å²) in [5.74, 6) is -0.739. The predicted octanol–water partition coefficient (Wildman–Crippen LogP) is 1.78. The number of ether oxygens (including phenoxy) is 1. The first kappa shape index (κ1) is 16.9. The smallest absolute Gasteiger partial charge is 0.390 e. The van der Waals surface area contributed by atoms with Crippen LogP contribution in [0.1, 0.15) is 26.2 Å². The maximum Gasteiger partial charge on any atom is 0.390 e. The molecule has 0 unspecified atom stereocenters. The number of halogens is 3. The fourth-order valence-corrected chi connectivity index (χ4v) is 1.25. The SMILES string of the molecule is CCOC(=O)CCC(=O)CN(C)CCC(F)(F)F. The van der Waals surface area contributed by atoms with Gasteiger partial charge in [-0.3, -0.25) is 14.5 Å². The van der Waals surface area contributed by atoms with Crippen molar-refractivity contribution in [2.75, 3.05) is 26.7 Å². The summed E-state index contributed by atoms with van der Waals surface area (Å²) < 4.78 is 40.4. The number of alkyl halides is 3. The summed E-state index contributed by atoms with van der Waals surface area (Å²) in [4.78, 5) is 23.6. The molecule has 0 amide bonds. The van der Waals surface area contributed by atoms with Gasteiger partial charge in [0.2, 0.25) is 0 Å². The van der Waals surface area contributed by atoms with Crippen LogP contribution in [0.2, 0.25) is 0 Å². The lowest BCUT2D eigenvalue weighted by molar-refractivity contribution is -0.144. The van der Waals surface area contributed by atoms with Gasteiger partial charge in [0.15, 0.2) is 0 Å². The highest BCUT2D eigenvalue weighted by atomic mass is 19.4. The minimum absolute atomic E-state index is 0.00477. The Kier molecular flexibility index (Phi) is 7.58. The number of hydrogen-bond acceptors (Lipinski definition) is 4. The molecule has 0 fully saturated rings. The Morgan fingerprint density at radius 2 is 1.83 bits per heavy atom. The van der Waals surface area contributed by atoms with E-state index in [9.17, 15) is 22.8 Å². The van der Waals surface area contributed by atoms with Crippen LogP contribution in [0.4, 0.5) is 13.2 Å². The second-order valence-electron chi connectivity index (χ2n) is 3.95. The second-order valence-corrected chi connectivity index (χ2v) is 3.95. The van der Waals surface area contributed by atoms with Crippen molar-refractivity contribution in [3.8, 4) is 0 Å². The Bertz CT molecular complexity index is 279. The molecule has 0 saturated carbocycles. The summed E-state index contributed by atoms with van der Waals surface area (Å²) in [5, 5.41) is 0. The van der Waals surface area contributed by atoms with Gasteiger partial charge in [-0.2, -0.15) is 13.2 Å². The van der Waals surface area contributed by atoms with Gasteiger partial charge in [-0.05, 0) is 14.0 Å². The van der Waals surface area contributed by atoms with Crippen LogP contribution in [0.3, 0.4) is 0 Å². The maximum atomic E-state index is 11.9. The average molecular weight is 269 g/mol. The molecular formula is C11H18F3NO3. The number of rotatable bonds is 8. The van der Waals surface area contributed by atoms with Gasteiger partial charge >= 0.3 is 12.1 Å². The van der Waals surface area contributed by atoms with Crippen LogP contribution in [-0.2, 0) is 14.3 Å². The molecular weight excluding hydrogens is 251 g/mol. The van der Waals surface area contributed by atoms with E-state index in [1.54, 1.807) is 6.92 Å². The zero-order chi connectivity index (χ0) is 14.2. The third kappa shape index (κ3) is 10.1. The lowest BCUT2D eigenvalue weighted by atomic mass is 10.2. The first-order valence-corrected chi connectivity index (χ1v) is 5.67. The van der Waals surface area contributed by atoms with Crippen molar-refractivity contribution in [2.24, 2.45) is 0 Å². The van der Waals surface area contributed by atoms with E-state index in [0.717, 1.165) is 0 Å². The van der Waals surface area contributed by atoms with Crippen molar-refractivity contribution in [2.45, 2.75) is 32.4 Å². The van der Waals surface area contributed by atoms with Crippen molar-refractivity contribution < 1.29 is 27.5 Å². The molecule has 0 radical (unpaired) electrons. The van der Waals surface area contributed by atoms with E-state index in [4.69, 9.17) is 0 Å². The first-order valence-electron chi connectivity index (χ1n) is 5.67. The van der Waals surface area contributed by atoms with Crippen molar-refractivity contribution >= 4 is 11.8 Å². The van der Waals surface area contributed by atoms with E-state index in [-0.39, 0.29) is 38.3 Å². The van der Waals surface area contributed by atoms with E-state index in [1.807, 2.05) is 0 Å². The van der Waals surface area contributed by atoms with Gasteiger partial charge < -0.3 is 4.74 Å². The Hall–Kier alpha value is -1.11. The zero-order valence-corrected chi connectivity index (χ0v) is 10.5. The van der Waals surface area contributed by atoms with Gasteiger partial charge in [0.1, 0.15) is 5.78 Å². The third-order valence-corrected chi connectivity index (χ3v) is 2.14. The fraction of sp³-hybridized carbons (Fsp3) is 0.818. The number of likely N-dealkylation sites (N-methyl/N-ethyl adjacent to an activating group) is 1. The third-order valence-electron chi connectivity index (χ3n) is 2.14. The van der Waals surface area contributed by atoms with Crippen LogP contribution in [0.15, 0.2) is 0 Å². The molecule has 0 N–H and O–H groups in total. The van der Waals surface area contributed by atoms with Gasteiger partial charge in [0, 0.05) is 13.0 Å². The lowest BCUT2D eigenvalue weighted by Crippen LogP contribution is -2.29. The van der Waals surface area contributed by atoms with Gasteiger partial charge in [-0.1, -0.05) is 0 Å².